The maximum absolute atomic E-state index is 11.9. The predicted molar refractivity (Wildman–Crippen MR) is 69.4 cm³/mol. The van der Waals surface area contributed by atoms with Crippen LogP contribution in [0.25, 0.3) is 0 Å². The van der Waals surface area contributed by atoms with Gasteiger partial charge in [0.2, 0.25) is 6.04 Å². The number of carbonyl (C=O) groups excluding carboxylic acids is 3. The van der Waals surface area contributed by atoms with Crippen LogP contribution in [-0.2, 0) is 19.1 Å². The molecule has 1 aromatic heterocycles. The Balaban J connectivity index is 2.86. The number of aromatic nitrogens is 2. The molecule has 0 atom stereocenters. The Kier molecular flexibility index (Phi) is 6.05. The number of nitrogens with zero attached hydrogens (tertiary/aromatic N) is 1. The predicted octanol–water partition coefficient (Wildman–Crippen LogP) is -1.01. The van der Waals surface area contributed by atoms with Crippen molar-refractivity contribution in [2.45, 2.75) is 19.9 Å². The second-order valence-electron chi connectivity index (χ2n) is 3.71. The maximum atomic E-state index is 11.9. The molecule has 0 aliphatic rings. The van der Waals surface area contributed by atoms with Gasteiger partial charge in [-0.3, -0.25) is 9.59 Å². The second-order valence-corrected chi connectivity index (χ2v) is 3.71. The highest BCUT2D eigenvalue weighted by molar-refractivity contribution is 6.05. The number of H-pyrrole nitrogens is 1. The fourth-order valence-corrected chi connectivity index (χ4v) is 1.34. The van der Waals surface area contributed by atoms with Crippen LogP contribution in [0.3, 0.4) is 0 Å². The standard InChI is InChI=1S/C12H15N3O6/c1-3-20-11(18)9(12(19)21-4-2)15-10(17)7-5-14-8(16)6-13-7/h5-6,9H,3-4H2,1-2H3,(H,14,16)(H,15,17). The Morgan fingerprint density at radius 1 is 1.24 bits per heavy atom. The highest BCUT2D eigenvalue weighted by Crippen LogP contribution is 1.97. The van der Waals surface area contributed by atoms with Gasteiger partial charge in [-0.25, -0.2) is 14.6 Å². The lowest BCUT2D eigenvalue weighted by molar-refractivity contribution is -0.157. The van der Waals surface area contributed by atoms with E-state index in [0.29, 0.717) is 0 Å². The van der Waals surface area contributed by atoms with E-state index < -0.39 is 29.4 Å². The molecule has 0 unspecified atom stereocenters. The number of aromatic amines is 1. The summed E-state index contributed by atoms with van der Waals surface area (Å²) in [7, 11) is 0. The first-order chi connectivity index (χ1) is 9.99. The normalized spacial score (nSPS) is 10.0. The molecule has 0 bridgehead atoms. The topological polar surface area (TPSA) is 127 Å². The molecule has 21 heavy (non-hydrogen) atoms. The van der Waals surface area contributed by atoms with E-state index in [2.05, 4.69) is 15.3 Å². The van der Waals surface area contributed by atoms with Crippen LogP contribution in [0, 0.1) is 0 Å². The molecule has 1 aromatic rings. The first-order valence-corrected chi connectivity index (χ1v) is 6.18. The zero-order chi connectivity index (χ0) is 15.8. The minimum absolute atomic E-state index is 0.0432. The van der Waals surface area contributed by atoms with Gasteiger partial charge in [0.15, 0.2) is 0 Å². The van der Waals surface area contributed by atoms with Crippen LogP contribution in [0.2, 0.25) is 0 Å². The monoisotopic (exact) mass is 297 g/mol. The number of hydrogen-bond acceptors (Lipinski definition) is 7. The van der Waals surface area contributed by atoms with Crippen molar-refractivity contribution in [3.63, 3.8) is 0 Å². The van der Waals surface area contributed by atoms with Gasteiger partial charge < -0.3 is 19.8 Å². The van der Waals surface area contributed by atoms with Crippen LogP contribution in [-0.4, -0.2) is 47.1 Å². The van der Waals surface area contributed by atoms with E-state index in [1.165, 1.54) is 0 Å². The third-order valence-corrected chi connectivity index (χ3v) is 2.22. The average Bonchev–Trinajstić information content (AvgIpc) is 2.45. The minimum atomic E-state index is -1.59. The van der Waals surface area contributed by atoms with Crippen molar-refractivity contribution < 1.29 is 23.9 Å². The van der Waals surface area contributed by atoms with Crippen LogP contribution in [0.5, 0.6) is 0 Å². The molecule has 0 radical (unpaired) electrons. The van der Waals surface area contributed by atoms with Gasteiger partial charge in [0.1, 0.15) is 5.69 Å². The number of carbonyl (C=O) groups is 3. The lowest BCUT2D eigenvalue weighted by atomic mass is 10.2. The number of esters is 2. The molecule has 2 N–H and O–H groups in total. The van der Waals surface area contributed by atoms with Crippen LogP contribution in [0.15, 0.2) is 17.2 Å². The lowest BCUT2D eigenvalue weighted by Crippen LogP contribution is -2.48. The summed E-state index contributed by atoms with van der Waals surface area (Å²) in [5, 5.41) is 2.15. The lowest BCUT2D eigenvalue weighted by Gasteiger charge is -2.15. The zero-order valence-corrected chi connectivity index (χ0v) is 11.5. The van der Waals surface area contributed by atoms with Crippen molar-refractivity contribution in [2.75, 3.05) is 13.2 Å². The van der Waals surface area contributed by atoms with Crippen molar-refractivity contribution in [3.05, 3.63) is 28.4 Å². The summed E-state index contributed by atoms with van der Waals surface area (Å²) in [6, 6.07) is -1.59. The van der Waals surface area contributed by atoms with Crippen molar-refractivity contribution in [2.24, 2.45) is 0 Å². The Hall–Kier alpha value is -2.71. The molecule has 0 fully saturated rings. The molecule has 1 heterocycles. The fraction of sp³-hybridized carbons (Fsp3) is 0.417. The van der Waals surface area contributed by atoms with Gasteiger partial charge in [0.05, 0.1) is 19.4 Å². The average molecular weight is 297 g/mol. The molecule has 0 saturated heterocycles. The number of hydrogen-bond donors (Lipinski definition) is 2. The molecule has 114 valence electrons. The molecule has 0 aromatic carbocycles. The third kappa shape index (κ3) is 4.71. The Morgan fingerprint density at radius 3 is 2.24 bits per heavy atom. The molecular formula is C12H15N3O6. The fourth-order valence-electron chi connectivity index (χ4n) is 1.34. The second kappa shape index (κ2) is 7.78. The van der Waals surface area contributed by atoms with Crippen LogP contribution in [0.1, 0.15) is 24.3 Å². The van der Waals surface area contributed by atoms with Gasteiger partial charge in [-0.1, -0.05) is 0 Å². The Labute approximate surface area is 119 Å². The molecule has 9 heteroatoms. The number of amides is 1. The highest BCUT2D eigenvalue weighted by Gasteiger charge is 2.31. The third-order valence-electron chi connectivity index (χ3n) is 2.22. The quantitative estimate of drug-likeness (QED) is 0.509. The van der Waals surface area contributed by atoms with Gasteiger partial charge in [0.25, 0.3) is 11.5 Å². The molecule has 9 nitrogen and oxygen atoms in total. The summed E-state index contributed by atoms with van der Waals surface area (Å²) in [4.78, 5) is 51.9. The van der Waals surface area contributed by atoms with E-state index in [1.807, 2.05) is 0 Å². The van der Waals surface area contributed by atoms with Crippen LogP contribution in [0.4, 0.5) is 0 Å². The van der Waals surface area contributed by atoms with Crippen molar-refractivity contribution in [3.8, 4) is 0 Å². The largest absolute Gasteiger partial charge is 0.464 e. The number of nitrogens with one attached hydrogen (secondary N) is 2. The zero-order valence-electron chi connectivity index (χ0n) is 11.5. The Bertz CT molecular complexity index is 544. The van der Waals surface area contributed by atoms with Gasteiger partial charge in [-0.15, -0.1) is 0 Å². The van der Waals surface area contributed by atoms with Crippen LogP contribution < -0.4 is 10.9 Å². The molecule has 0 aliphatic heterocycles. The van der Waals surface area contributed by atoms with E-state index in [9.17, 15) is 19.2 Å². The number of ether oxygens (including phenoxy) is 2. The summed E-state index contributed by atoms with van der Waals surface area (Å²) in [6.45, 7) is 3.21. The van der Waals surface area contributed by atoms with Crippen molar-refractivity contribution in [1.82, 2.24) is 15.3 Å². The molecule has 1 rings (SSSR count). The van der Waals surface area contributed by atoms with Gasteiger partial charge >= 0.3 is 11.9 Å². The van der Waals surface area contributed by atoms with Gasteiger partial charge in [-0.2, -0.15) is 0 Å². The summed E-state index contributed by atoms with van der Waals surface area (Å²) >= 11 is 0. The van der Waals surface area contributed by atoms with Crippen molar-refractivity contribution in [1.29, 1.82) is 0 Å². The van der Waals surface area contributed by atoms with E-state index >= 15 is 0 Å². The van der Waals surface area contributed by atoms with E-state index in [1.54, 1.807) is 13.8 Å². The van der Waals surface area contributed by atoms with Gasteiger partial charge in [-0.05, 0) is 13.8 Å². The molecule has 0 saturated carbocycles. The smallest absolute Gasteiger partial charge is 0.340 e. The van der Waals surface area contributed by atoms with E-state index in [0.717, 1.165) is 12.4 Å². The maximum Gasteiger partial charge on any atom is 0.340 e. The minimum Gasteiger partial charge on any atom is -0.464 e. The summed E-state index contributed by atoms with van der Waals surface area (Å²) < 4.78 is 9.39. The van der Waals surface area contributed by atoms with E-state index in [-0.39, 0.29) is 18.9 Å². The molecule has 0 spiro atoms. The highest BCUT2D eigenvalue weighted by atomic mass is 16.6. The molecule has 0 aliphatic carbocycles. The first kappa shape index (κ1) is 16.3. The Morgan fingerprint density at radius 2 is 1.81 bits per heavy atom. The SMILES string of the molecule is CCOC(=O)C(NC(=O)c1c[nH]c(=O)cn1)C(=O)OCC. The molecular weight excluding hydrogens is 282 g/mol. The summed E-state index contributed by atoms with van der Waals surface area (Å²) in [5.74, 6) is -2.69. The van der Waals surface area contributed by atoms with E-state index in [4.69, 9.17) is 9.47 Å². The van der Waals surface area contributed by atoms with Crippen molar-refractivity contribution >= 4 is 17.8 Å². The summed E-state index contributed by atoms with van der Waals surface area (Å²) in [6.07, 6.45) is 1.96. The number of rotatable bonds is 6. The first-order valence-electron chi connectivity index (χ1n) is 6.18. The van der Waals surface area contributed by atoms with Gasteiger partial charge in [0, 0.05) is 6.20 Å². The van der Waals surface area contributed by atoms with Crippen LogP contribution >= 0.6 is 0 Å². The molecule has 1 amide bonds. The summed E-state index contributed by atoms with van der Waals surface area (Å²) in [5.41, 5.74) is -0.646.